The fraction of sp³-hybridized carbons (Fsp3) is 0.214. The van der Waals surface area contributed by atoms with Crippen LogP contribution in [-0.4, -0.2) is 19.5 Å². The highest BCUT2D eigenvalue weighted by atomic mass is 16.2. The van der Waals surface area contributed by atoms with Gasteiger partial charge in [0.05, 0.1) is 12.4 Å². The van der Waals surface area contributed by atoms with Gasteiger partial charge in [-0.1, -0.05) is 37.3 Å². The van der Waals surface area contributed by atoms with E-state index in [1.54, 1.807) is 0 Å². The number of aromatic nitrogens is 4. The van der Waals surface area contributed by atoms with Crippen LogP contribution in [0.3, 0.4) is 0 Å². The molecule has 6 heteroatoms. The molecular weight excluding hydrogens is 256 g/mol. The molecule has 2 heterocycles. The van der Waals surface area contributed by atoms with Gasteiger partial charge in [-0.05, 0) is 12.0 Å². The molecule has 0 aliphatic carbocycles. The highest BCUT2D eigenvalue weighted by Crippen LogP contribution is 2.18. The Morgan fingerprint density at radius 2 is 2.00 bits per heavy atom. The highest BCUT2D eigenvalue weighted by Gasteiger charge is 2.18. The van der Waals surface area contributed by atoms with Gasteiger partial charge in [-0.15, -0.1) is 0 Å². The van der Waals surface area contributed by atoms with Gasteiger partial charge in [0.1, 0.15) is 5.52 Å². The fourth-order valence-electron chi connectivity index (χ4n) is 2.45. The summed E-state index contributed by atoms with van der Waals surface area (Å²) in [7, 11) is 0. The van der Waals surface area contributed by atoms with E-state index in [9.17, 15) is 9.59 Å². The van der Waals surface area contributed by atoms with E-state index in [1.807, 2.05) is 37.3 Å². The smallest absolute Gasteiger partial charge is 0.330 e. The lowest BCUT2D eigenvalue weighted by Gasteiger charge is -2.17. The van der Waals surface area contributed by atoms with Gasteiger partial charge in [0, 0.05) is 0 Å². The average molecular weight is 270 g/mol. The number of hydrogen-bond donors (Lipinski definition) is 2. The largest absolute Gasteiger partial charge is 0.339 e. The second-order valence-corrected chi connectivity index (χ2v) is 4.57. The number of H-pyrrole nitrogens is 2. The van der Waals surface area contributed by atoms with Crippen LogP contribution < -0.4 is 11.2 Å². The number of nitrogens with one attached hydrogen (secondary N) is 2. The van der Waals surface area contributed by atoms with E-state index in [2.05, 4.69) is 15.0 Å². The van der Waals surface area contributed by atoms with E-state index in [0.717, 1.165) is 5.56 Å². The second kappa shape index (κ2) is 4.80. The van der Waals surface area contributed by atoms with Crippen LogP contribution in [0.2, 0.25) is 0 Å². The molecule has 1 unspecified atom stereocenters. The third-order valence-corrected chi connectivity index (χ3v) is 3.40. The summed E-state index contributed by atoms with van der Waals surface area (Å²) in [5, 5.41) is 0. The van der Waals surface area contributed by atoms with Gasteiger partial charge in [0.2, 0.25) is 0 Å². The number of hydrogen-bond acceptors (Lipinski definition) is 3. The predicted molar refractivity (Wildman–Crippen MR) is 75.8 cm³/mol. The first-order valence-corrected chi connectivity index (χ1v) is 6.45. The summed E-state index contributed by atoms with van der Waals surface area (Å²) in [5.74, 6) is 0. The van der Waals surface area contributed by atoms with Crippen molar-refractivity contribution >= 4 is 11.2 Å². The van der Waals surface area contributed by atoms with Gasteiger partial charge >= 0.3 is 5.69 Å². The first-order chi connectivity index (χ1) is 9.72. The van der Waals surface area contributed by atoms with Crippen molar-refractivity contribution in [2.24, 2.45) is 0 Å². The lowest BCUT2D eigenvalue weighted by atomic mass is 10.0. The van der Waals surface area contributed by atoms with Crippen molar-refractivity contribution in [1.82, 2.24) is 19.5 Å². The zero-order valence-corrected chi connectivity index (χ0v) is 11.0. The molecule has 1 atom stereocenters. The zero-order valence-electron chi connectivity index (χ0n) is 11.0. The molecule has 0 aliphatic rings. The minimum atomic E-state index is -0.440. The molecular formula is C14H14N4O2. The number of rotatable bonds is 3. The molecule has 3 aromatic rings. The first kappa shape index (κ1) is 12.4. The Balaban J connectivity index is 2.27. The molecule has 0 saturated heterocycles. The van der Waals surface area contributed by atoms with Crippen molar-refractivity contribution in [1.29, 1.82) is 0 Å². The van der Waals surface area contributed by atoms with E-state index >= 15 is 0 Å². The Hall–Kier alpha value is -2.63. The summed E-state index contributed by atoms with van der Waals surface area (Å²) in [6.45, 7) is 1.95. The number of imidazole rings is 1. The number of benzene rings is 1. The molecule has 0 fully saturated rings. The molecule has 102 valence electrons. The van der Waals surface area contributed by atoms with Crippen LogP contribution in [0.25, 0.3) is 11.2 Å². The van der Waals surface area contributed by atoms with Gasteiger partial charge in [0.15, 0.2) is 5.65 Å². The molecule has 6 nitrogen and oxygen atoms in total. The molecule has 0 amide bonds. The summed E-state index contributed by atoms with van der Waals surface area (Å²) < 4.78 is 1.25. The molecule has 2 aromatic heterocycles. The Bertz CT molecular complexity index is 845. The second-order valence-electron chi connectivity index (χ2n) is 4.57. The van der Waals surface area contributed by atoms with Crippen molar-refractivity contribution in [2.45, 2.75) is 19.4 Å². The monoisotopic (exact) mass is 270 g/mol. The Morgan fingerprint density at radius 3 is 2.70 bits per heavy atom. The van der Waals surface area contributed by atoms with Crippen LogP contribution in [0, 0.1) is 0 Å². The SMILES string of the molecule is CCC(c1ccccc1)n1c(=O)[nH]c2nc[nH]c2c1=O. The number of nitrogens with zero attached hydrogens (tertiary/aromatic N) is 2. The summed E-state index contributed by atoms with van der Waals surface area (Å²) in [6, 6.07) is 9.23. The maximum Gasteiger partial charge on any atom is 0.330 e. The molecule has 1 aromatic carbocycles. The van der Waals surface area contributed by atoms with Gasteiger partial charge < -0.3 is 4.98 Å². The highest BCUT2D eigenvalue weighted by molar-refractivity contribution is 5.67. The Labute approximate surface area is 114 Å². The molecule has 0 spiro atoms. The van der Waals surface area contributed by atoms with Crippen LogP contribution in [0.15, 0.2) is 46.2 Å². The predicted octanol–water partition coefficient (Wildman–Crippen LogP) is 1.41. The minimum Gasteiger partial charge on any atom is -0.339 e. The van der Waals surface area contributed by atoms with Crippen molar-refractivity contribution in [3.05, 3.63) is 63.1 Å². The van der Waals surface area contributed by atoms with Crippen LogP contribution in [0.4, 0.5) is 0 Å². The van der Waals surface area contributed by atoms with Crippen molar-refractivity contribution < 1.29 is 0 Å². The lowest BCUT2D eigenvalue weighted by Crippen LogP contribution is -2.38. The molecule has 3 rings (SSSR count). The van der Waals surface area contributed by atoms with Gasteiger partial charge in [0.25, 0.3) is 5.56 Å². The lowest BCUT2D eigenvalue weighted by molar-refractivity contribution is 0.526. The van der Waals surface area contributed by atoms with E-state index in [1.165, 1.54) is 10.9 Å². The molecule has 2 N–H and O–H groups in total. The van der Waals surface area contributed by atoms with E-state index < -0.39 is 5.69 Å². The first-order valence-electron chi connectivity index (χ1n) is 6.45. The standard InChI is InChI=1S/C14H14N4O2/c1-2-10(9-6-4-3-5-7-9)18-13(19)11-12(16-8-15-11)17-14(18)20/h3-8,10H,2H2,1H3,(H,15,16)(H,17,20). The average Bonchev–Trinajstić information content (AvgIpc) is 2.92. The Kier molecular flexibility index (Phi) is 2.98. The van der Waals surface area contributed by atoms with Crippen LogP contribution >= 0.6 is 0 Å². The normalized spacial score (nSPS) is 12.7. The van der Waals surface area contributed by atoms with E-state index in [4.69, 9.17) is 0 Å². The Morgan fingerprint density at radius 1 is 1.25 bits per heavy atom. The quantitative estimate of drug-likeness (QED) is 0.754. The molecule has 20 heavy (non-hydrogen) atoms. The van der Waals surface area contributed by atoms with E-state index in [0.29, 0.717) is 17.6 Å². The van der Waals surface area contributed by atoms with Crippen LogP contribution in [0.5, 0.6) is 0 Å². The zero-order chi connectivity index (χ0) is 14.1. The van der Waals surface area contributed by atoms with Crippen LogP contribution in [0.1, 0.15) is 24.9 Å². The topological polar surface area (TPSA) is 83.5 Å². The van der Waals surface area contributed by atoms with Gasteiger partial charge in [-0.25, -0.2) is 9.78 Å². The van der Waals surface area contributed by atoms with Crippen LogP contribution in [-0.2, 0) is 0 Å². The third-order valence-electron chi connectivity index (χ3n) is 3.40. The number of fused-ring (bicyclic) bond motifs is 1. The maximum absolute atomic E-state index is 12.5. The van der Waals surface area contributed by atoms with Crippen molar-refractivity contribution in [3.63, 3.8) is 0 Å². The van der Waals surface area contributed by atoms with Crippen molar-refractivity contribution in [3.8, 4) is 0 Å². The summed E-state index contributed by atoms with van der Waals surface area (Å²) in [4.78, 5) is 33.9. The van der Waals surface area contributed by atoms with E-state index in [-0.39, 0.29) is 11.6 Å². The minimum absolute atomic E-state index is 0.291. The van der Waals surface area contributed by atoms with Gasteiger partial charge in [-0.3, -0.25) is 14.3 Å². The summed E-state index contributed by atoms with van der Waals surface area (Å²) >= 11 is 0. The molecule has 0 aliphatic heterocycles. The van der Waals surface area contributed by atoms with Gasteiger partial charge in [-0.2, -0.15) is 0 Å². The molecule has 0 radical (unpaired) electrons. The summed E-state index contributed by atoms with van der Waals surface area (Å²) in [6.07, 6.45) is 2.04. The fourth-order valence-corrected chi connectivity index (χ4v) is 2.45. The summed E-state index contributed by atoms with van der Waals surface area (Å²) in [5.41, 5.74) is 0.752. The molecule has 0 saturated carbocycles. The van der Waals surface area contributed by atoms with Crippen molar-refractivity contribution in [2.75, 3.05) is 0 Å². The third kappa shape index (κ3) is 1.85. The maximum atomic E-state index is 12.5. The molecule has 0 bridgehead atoms. The number of aromatic amines is 2.